The molecule has 1 atom stereocenters. The largest absolute Gasteiger partial charge is 0.404 e. The smallest absolute Gasteiger partial charge is 0.264 e. The lowest BCUT2D eigenvalue weighted by Gasteiger charge is -2.17. The Hall–Kier alpha value is -1.93. The van der Waals surface area contributed by atoms with Gasteiger partial charge in [-0.25, -0.2) is 4.39 Å². The van der Waals surface area contributed by atoms with Gasteiger partial charge >= 0.3 is 17.7 Å². The summed E-state index contributed by atoms with van der Waals surface area (Å²) in [6, 6.07) is -2.75. The van der Waals surface area contributed by atoms with Gasteiger partial charge in [0.05, 0.1) is 11.0 Å². The van der Waals surface area contributed by atoms with Crippen LogP contribution in [0.5, 0.6) is 0 Å². The average molecular weight is 224 g/mol. The molecule has 0 aromatic rings. The van der Waals surface area contributed by atoms with Crippen molar-refractivity contribution in [3.63, 3.8) is 0 Å². The van der Waals surface area contributed by atoms with E-state index in [9.17, 15) is 33.4 Å². The number of alkyl halides is 2. The molecule has 1 aliphatic rings. The van der Waals surface area contributed by atoms with Gasteiger partial charge < -0.3 is 0 Å². The second-order valence-corrected chi connectivity index (χ2v) is 2.69. The van der Waals surface area contributed by atoms with Crippen molar-refractivity contribution in [1.82, 2.24) is 0 Å². The molecule has 0 fully saturated rings. The molecule has 0 aromatic carbocycles. The predicted molar refractivity (Wildman–Crippen MR) is 40.0 cm³/mol. The van der Waals surface area contributed by atoms with Crippen LogP contribution in [0.25, 0.3) is 0 Å². The molecule has 0 radical (unpaired) electrons. The molecule has 0 saturated heterocycles. The quantitative estimate of drug-likeness (QED) is 0.522. The summed E-state index contributed by atoms with van der Waals surface area (Å²) in [5, 5.41) is 20.3. The summed E-state index contributed by atoms with van der Waals surface area (Å²) in [5.41, 5.74) is -1.82. The molecule has 0 amide bonds. The fourth-order valence-corrected chi connectivity index (χ4v) is 1.05. The third-order valence-corrected chi connectivity index (χ3v) is 1.73. The molecule has 0 aliphatic heterocycles. The topological polar surface area (TPSA) is 86.3 Å². The maximum Gasteiger partial charge on any atom is 0.404 e. The molecular weight excluding hydrogens is 221 g/mol. The van der Waals surface area contributed by atoms with E-state index >= 15 is 0 Å². The predicted octanol–water partition coefficient (Wildman–Crippen LogP) is 1.29. The first-order valence-corrected chi connectivity index (χ1v) is 3.52. The van der Waals surface area contributed by atoms with Crippen molar-refractivity contribution in [1.29, 1.82) is 0 Å². The van der Waals surface area contributed by atoms with Crippen LogP contribution in [0.3, 0.4) is 0 Å². The molecule has 0 heterocycles. The van der Waals surface area contributed by atoms with Crippen LogP contribution in [-0.4, -0.2) is 21.8 Å². The van der Waals surface area contributed by atoms with Gasteiger partial charge in [0.15, 0.2) is 0 Å². The van der Waals surface area contributed by atoms with Gasteiger partial charge in [0.1, 0.15) is 5.83 Å². The average Bonchev–Trinajstić information content (AvgIpc) is 2.07. The lowest BCUT2D eigenvalue weighted by molar-refractivity contribution is -0.551. The van der Waals surface area contributed by atoms with E-state index in [1.807, 2.05) is 0 Å². The van der Waals surface area contributed by atoms with Crippen LogP contribution < -0.4 is 0 Å². The zero-order valence-electron chi connectivity index (χ0n) is 6.89. The fraction of sp³-hybridized carbons (Fsp3) is 0.333. The van der Waals surface area contributed by atoms with E-state index in [0.29, 0.717) is 0 Å². The number of nitro groups is 2. The molecule has 9 heteroatoms. The summed E-state index contributed by atoms with van der Waals surface area (Å²) in [6.45, 7) is 0. The Labute approximate surface area is 80.0 Å². The first-order valence-electron chi connectivity index (χ1n) is 3.52. The highest BCUT2D eigenvalue weighted by molar-refractivity contribution is 5.28. The number of hydrogen-bond acceptors (Lipinski definition) is 4. The highest BCUT2D eigenvalue weighted by Gasteiger charge is 2.59. The normalized spacial score (nSPS) is 24.1. The molecule has 6 nitrogen and oxygen atoms in total. The highest BCUT2D eigenvalue weighted by Crippen LogP contribution is 2.35. The Balaban J connectivity index is 3.26. The van der Waals surface area contributed by atoms with E-state index in [4.69, 9.17) is 0 Å². The summed E-state index contributed by atoms with van der Waals surface area (Å²) in [6.07, 6.45) is 0.00694. The van der Waals surface area contributed by atoms with E-state index in [2.05, 4.69) is 0 Å². The van der Waals surface area contributed by atoms with Gasteiger partial charge in [-0.05, 0) is 0 Å². The maximum absolute atomic E-state index is 13.0. The van der Waals surface area contributed by atoms with Gasteiger partial charge in [0.25, 0.3) is 0 Å². The van der Waals surface area contributed by atoms with E-state index in [-0.39, 0.29) is 12.2 Å². The standard InChI is InChI=1S/C6H3F3N2O4/c7-3-1-4(10(12)13)6(8,9)5(2-3)11(14)15/h1-2,4H. The third kappa shape index (κ3) is 1.80. The zero-order valence-corrected chi connectivity index (χ0v) is 6.89. The van der Waals surface area contributed by atoms with Crippen molar-refractivity contribution in [2.45, 2.75) is 12.0 Å². The van der Waals surface area contributed by atoms with Gasteiger partial charge in [-0.15, -0.1) is 0 Å². The van der Waals surface area contributed by atoms with E-state index in [1.165, 1.54) is 0 Å². The summed E-state index contributed by atoms with van der Waals surface area (Å²) in [4.78, 5) is 17.3. The number of rotatable bonds is 2. The SMILES string of the molecule is O=[N+]([O-])C1=CC(F)=CC([N+](=O)[O-])C1(F)F. The van der Waals surface area contributed by atoms with Crippen molar-refractivity contribution in [2.24, 2.45) is 0 Å². The van der Waals surface area contributed by atoms with Crippen LogP contribution >= 0.6 is 0 Å². The van der Waals surface area contributed by atoms with Crippen LogP contribution in [-0.2, 0) is 0 Å². The molecule has 15 heavy (non-hydrogen) atoms. The monoisotopic (exact) mass is 224 g/mol. The van der Waals surface area contributed by atoms with Crippen LogP contribution in [0.15, 0.2) is 23.7 Å². The Morgan fingerprint density at radius 2 is 1.87 bits per heavy atom. The summed E-state index contributed by atoms with van der Waals surface area (Å²) in [5.74, 6) is -5.74. The Morgan fingerprint density at radius 1 is 1.33 bits per heavy atom. The lowest BCUT2D eigenvalue weighted by Crippen LogP contribution is -2.43. The van der Waals surface area contributed by atoms with Gasteiger partial charge in [-0.1, -0.05) is 0 Å². The minimum atomic E-state index is -4.32. The van der Waals surface area contributed by atoms with Crippen molar-refractivity contribution < 1.29 is 23.0 Å². The van der Waals surface area contributed by atoms with Crippen LogP contribution in [0.1, 0.15) is 0 Å². The van der Waals surface area contributed by atoms with Crippen molar-refractivity contribution >= 4 is 0 Å². The number of allylic oxidation sites excluding steroid dienone is 2. The summed E-state index contributed by atoms with van der Waals surface area (Å²) in [7, 11) is 0. The Bertz CT molecular complexity index is 390. The van der Waals surface area contributed by atoms with E-state index in [1.54, 1.807) is 0 Å². The van der Waals surface area contributed by atoms with Crippen molar-refractivity contribution in [3.8, 4) is 0 Å². The van der Waals surface area contributed by atoms with Crippen molar-refractivity contribution in [3.05, 3.63) is 43.9 Å². The lowest BCUT2D eigenvalue weighted by atomic mass is 10.0. The molecule has 0 aromatic heterocycles. The van der Waals surface area contributed by atoms with Crippen LogP contribution in [0, 0.1) is 20.2 Å². The molecule has 1 unspecified atom stereocenters. The third-order valence-electron chi connectivity index (χ3n) is 1.73. The molecule has 82 valence electrons. The van der Waals surface area contributed by atoms with Gasteiger partial charge in [0.2, 0.25) is 0 Å². The molecule has 0 saturated carbocycles. The number of halogens is 3. The van der Waals surface area contributed by atoms with E-state index in [0.717, 1.165) is 0 Å². The molecule has 1 rings (SSSR count). The molecule has 0 spiro atoms. The summed E-state index contributed by atoms with van der Waals surface area (Å²) < 4.78 is 38.7. The minimum absolute atomic E-state index is 0.0278. The van der Waals surface area contributed by atoms with Crippen LogP contribution in [0.4, 0.5) is 13.2 Å². The number of hydrogen-bond donors (Lipinski definition) is 0. The zero-order chi connectivity index (χ0) is 11.8. The first kappa shape index (κ1) is 11.1. The minimum Gasteiger partial charge on any atom is -0.264 e. The number of nitrogens with zero attached hydrogens (tertiary/aromatic N) is 2. The fourth-order valence-electron chi connectivity index (χ4n) is 1.05. The maximum atomic E-state index is 13.0. The molecule has 0 N–H and O–H groups in total. The Morgan fingerprint density at radius 3 is 2.27 bits per heavy atom. The molecule has 1 aliphatic carbocycles. The second-order valence-electron chi connectivity index (χ2n) is 2.69. The van der Waals surface area contributed by atoms with Gasteiger partial charge in [-0.3, -0.25) is 20.2 Å². The first-order chi connectivity index (χ1) is 6.76. The van der Waals surface area contributed by atoms with Crippen molar-refractivity contribution in [2.75, 3.05) is 0 Å². The summed E-state index contributed by atoms with van der Waals surface area (Å²) >= 11 is 0. The molecular formula is C6H3F3N2O4. The highest BCUT2D eigenvalue weighted by atomic mass is 19.3. The van der Waals surface area contributed by atoms with E-state index < -0.39 is 33.3 Å². The van der Waals surface area contributed by atoms with Gasteiger partial charge in [0, 0.05) is 11.0 Å². The van der Waals surface area contributed by atoms with Crippen LogP contribution in [0.2, 0.25) is 0 Å². The Kier molecular flexibility index (Phi) is 2.48. The molecule has 0 bridgehead atoms. The van der Waals surface area contributed by atoms with Gasteiger partial charge in [-0.2, -0.15) is 8.78 Å². The second kappa shape index (κ2) is 3.33.